The number of primary amides is 1. The summed E-state index contributed by atoms with van der Waals surface area (Å²) in [5.74, 6) is -2.31. The number of methoxy groups -OCH3 is 1. The molecule has 1 heterocycles. The topological polar surface area (TPSA) is 92.9 Å². The lowest BCUT2D eigenvalue weighted by Crippen LogP contribution is -2.37. The molecule has 1 saturated heterocycles. The fourth-order valence-electron chi connectivity index (χ4n) is 5.76. The Morgan fingerprint density at radius 2 is 1.66 bits per heavy atom. The molecule has 0 saturated carbocycles. The molecule has 0 bridgehead atoms. The third kappa shape index (κ3) is 9.32. The lowest BCUT2D eigenvalue weighted by molar-refractivity contribution is -0.138. The molecule has 1 aliphatic rings. The number of carbonyl (C=O) groups excluding carboxylic acids is 1. The Hall–Kier alpha value is -4.44. The Labute approximate surface area is 273 Å². The number of nitrogens with two attached hydrogens (primary N) is 1. The quantitative estimate of drug-likeness (QED) is 0.130. The molecule has 3 aromatic carbocycles. The smallest absolute Gasteiger partial charge is 0.417 e. The van der Waals surface area contributed by atoms with Crippen LogP contribution >= 0.6 is 0 Å². The van der Waals surface area contributed by atoms with Gasteiger partial charge >= 0.3 is 12.1 Å². The number of hydrogen-bond acceptors (Lipinski definition) is 4. The van der Waals surface area contributed by atoms with Crippen molar-refractivity contribution in [2.75, 3.05) is 20.2 Å². The van der Waals surface area contributed by atoms with Crippen molar-refractivity contribution >= 4 is 22.6 Å². The van der Waals surface area contributed by atoms with Crippen LogP contribution in [0.15, 0.2) is 84.7 Å². The van der Waals surface area contributed by atoms with Crippen LogP contribution in [0.2, 0.25) is 0 Å². The van der Waals surface area contributed by atoms with Gasteiger partial charge in [0.25, 0.3) is 5.91 Å². The number of aryl methyl sites for hydroxylation is 1. The third-order valence-corrected chi connectivity index (χ3v) is 8.34. The van der Waals surface area contributed by atoms with E-state index in [2.05, 4.69) is 31.9 Å². The van der Waals surface area contributed by atoms with Gasteiger partial charge in [0.15, 0.2) is 0 Å². The number of nitrogens with zero attached hydrogens (tertiary/aromatic N) is 1. The summed E-state index contributed by atoms with van der Waals surface area (Å²) in [6.45, 7) is 14.2. The van der Waals surface area contributed by atoms with Gasteiger partial charge in [-0.15, -0.1) is 0 Å². The Morgan fingerprint density at radius 1 is 1.04 bits per heavy atom. The van der Waals surface area contributed by atoms with Crippen LogP contribution in [0.4, 0.5) is 17.6 Å². The minimum absolute atomic E-state index is 0.0285. The van der Waals surface area contributed by atoms with Crippen LogP contribution in [-0.4, -0.2) is 42.1 Å². The van der Waals surface area contributed by atoms with E-state index in [0.29, 0.717) is 22.9 Å². The summed E-state index contributed by atoms with van der Waals surface area (Å²) in [4.78, 5) is 23.8. The fourth-order valence-corrected chi connectivity index (χ4v) is 5.76. The Kier molecular flexibility index (Phi) is 12.2. The first kappa shape index (κ1) is 37.0. The molecule has 1 amide bonds. The zero-order valence-corrected chi connectivity index (χ0v) is 27.3. The van der Waals surface area contributed by atoms with E-state index in [9.17, 15) is 27.2 Å². The zero-order valence-electron chi connectivity index (χ0n) is 27.3. The summed E-state index contributed by atoms with van der Waals surface area (Å²) < 4.78 is 62.4. The Balaban J connectivity index is 0.000000468. The van der Waals surface area contributed by atoms with Gasteiger partial charge in [-0.3, -0.25) is 14.5 Å². The SMILES string of the molecule is C=C/C(F)=C(\C(=C)C)C(N)=O.COc1ccc(CN2CCC(C)(C)CC2)c(C(F)(F)F)c1-c1cccc2c(CCC(=O)O)cccc12. The van der Waals surface area contributed by atoms with Gasteiger partial charge in [-0.1, -0.05) is 69.5 Å². The van der Waals surface area contributed by atoms with Crippen molar-refractivity contribution in [2.24, 2.45) is 11.1 Å². The summed E-state index contributed by atoms with van der Waals surface area (Å²) in [5.41, 5.74) is 5.98. The molecule has 1 aliphatic heterocycles. The minimum Gasteiger partial charge on any atom is -0.496 e. The molecule has 0 atom stereocenters. The first-order valence-corrected chi connectivity index (χ1v) is 15.2. The number of piperidine rings is 1. The molecule has 0 unspecified atom stereocenters. The van der Waals surface area contributed by atoms with Crippen molar-refractivity contribution in [1.82, 2.24) is 4.90 Å². The van der Waals surface area contributed by atoms with Crippen molar-refractivity contribution in [2.45, 2.75) is 59.2 Å². The third-order valence-electron chi connectivity index (χ3n) is 8.34. The molecule has 0 radical (unpaired) electrons. The van der Waals surface area contributed by atoms with E-state index >= 15 is 0 Å². The van der Waals surface area contributed by atoms with Gasteiger partial charge < -0.3 is 15.6 Å². The maximum atomic E-state index is 14.7. The van der Waals surface area contributed by atoms with Gasteiger partial charge in [-0.25, -0.2) is 4.39 Å². The highest BCUT2D eigenvalue weighted by atomic mass is 19.4. The van der Waals surface area contributed by atoms with Gasteiger partial charge in [0.1, 0.15) is 11.6 Å². The average Bonchev–Trinajstić information content (AvgIpc) is 2.99. The zero-order chi connectivity index (χ0) is 35.1. The number of carboxylic acid groups (broad SMARTS) is 1. The van der Waals surface area contributed by atoms with Crippen LogP contribution in [0.5, 0.6) is 5.75 Å². The van der Waals surface area contributed by atoms with E-state index < -0.39 is 29.4 Å². The Morgan fingerprint density at radius 3 is 2.17 bits per heavy atom. The first-order chi connectivity index (χ1) is 22.0. The molecule has 3 N–H and O–H groups in total. The standard InChI is InChI=1S/C29H32F3NO3.C8H10FNO/c1-28(2)14-16-33(17-15-28)18-20-10-12-24(36-3)26(27(20)29(30,31)32)23-9-5-7-21-19(11-13-25(34)35)6-4-8-22(21)23;1-4-6(9)7(5(2)3)8(10)11/h4-10,12H,11,13-18H2,1-3H3,(H,34,35);4H,1-2H2,3H3,(H2,10,11)/b;7-6-. The number of fused-ring (bicyclic) bond motifs is 1. The lowest BCUT2D eigenvalue weighted by Gasteiger charge is -2.37. The molecule has 0 aromatic heterocycles. The molecular formula is C37H42F4N2O4. The number of rotatable bonds is 10. The number of halogens is 4. The largest absolute Gasteiger partial charge is 0.496 e. The summed E-state index contributed by atoms with van der Waals surface area (Å²) >= 11 is 0. The molecule has 252 valence electrons. The number of amides is 1. The van der Waals surface area contributed by atoms with Gasteiger partial charge in [-0.2, -0.15) is 13.2 Å². The number of carboxylic acids is 1. The second-order valence-electron chi connectivity index (χ2n) is 12.4. The second-order valence-corrected chi connectivity index (χ2v) is 12.4. The number of likely N-dealkylation sites (tertiary alicyclic amines) is 1. The van der Waals surface area contributed by atoms with Crippen LogP contribution in [0, 0.1) is 5.41 Å². The van der Waals surface area contributed by atoms with Gasteiger partial charge in [-0.05, 0) is 89.9 Å². The maximum Gasteiger partial charge on any atom is 0.417 e. The summed E-state index contributed by atoms with van der Waals surface area (Å²) in [7, 11) is 1.38. The van der Waals surface area contributed by atoms with Crippen LogP contribution in [0.3, 0.4) is 0 Å². The number of carbonyl (C=O) groups is 2. The highest BCUT2D eigenvalue weighted by Gasteiger charge is 2.39. The highest BCUT2D eigenvalue weighted by Crippen LogP contribution is 2.47. The van der Waals surface area contributed by atoms with Crippen molar-refractivity contribution in [1.29, 1.82) is 0 Å². The van der Waals surface area contributed by atoms with E-state index in [1.54, 1.807) is 30.3 Å². The minimum atomic E-state index is -4.59. The van der Waals surface area contributed by atoms with Crippen LogP contribution in [0.25, 0.3) is 21.9 Å². The number of alkyl halides is 3. The average molecular weight is 655 g/mol. The van der Waals surface area contributed by atoms with Crippen molar-refractivity contribution in [3.05, 3.63) is 101 Å². The van der Waals surface area contributed by atoms with E-state index in [0.717, 1.165) is 43.0 Å². The molecular weight excluding hydrogens is 612 g/mol. The lowest BCUT2D eigenvalue weighted by atomic mass is 9.82. The summed E-state index contributed by atoms with van der Waals surface area (Å²) in [5, 5.41) is 10.5. The number of hydrogen-bond donors (Lipinski definition) is 2. The number of allylic oxidation sites excluding steroid dienone is 2. The van der Waals surface area contributed by atoms with E-state index in [1.165, 1.54) is 20.1 Å². The monoisotopic (exact) mass is 654 g/mol. The van der Waals surface area contributed by atoms with Crippen molar-refractivity contribution in [3.8, 4) is 16.9 Å². The first-order valence-electron chi connectivity index (χ1n) is 15.2. The molecule has 47 heavy (non-hydrogen) atoms. The highest BCUT2D eigenvalue weighted by molar-refractivity contribution is 6.01. The van der Waals surface area contributed by atoms with Gasteiger partial charge in [0.05, 0.1) is 18.2 Å². The predicted octanol–water partition coefficient (Wildman–Crippen LogP) is 8.63. The fraction of sp³-hybridized carbons (Fsp3) is 0.351. The number of ether oxygens (including phenoxy) is 1. The molecule has 4 rings (SSSR count). The summed E-state index contributed by atoms with van der Waals surface area (Å²) in [6.07, 6.45) is -1.53. The maximum absolute atomic E-state index is 14.7. The van der Waals surface area contributed by atoms with Gasteiger partial charge in [0.2, 0.25) is 0 Å². The van der Waals surface area contributed by atoms with Crippen LogP contribution in [-0.2, 0) is 28.7 Å². The second kappa shape index (κ2) is 15.4. The molecule has 6 nitrogen and oxygen atoms in total. The van der Waals surface area contributed by atoms with E-state index in [4.69, 9.17) is 15.6 Å². The Bertz CT molecular complexity index is 1670. The van der Waals surface area contributed by atoms with Crippen LogP contribution in [0.1, 0.15) is 56.7 Å². The summed E-state index contributed by atoms with van der Waals surface area (Å²) in [6, 6.07) is 13.8. The number of aliphatic carboxylic acids is 1. The number of benzene rings is 3. The van der Waals surface area contributed by atoms with Gasteiger partial charge in [0, 0.05) is 18.5 Å². The molecule has 3 aromatic rings. The molecule has 1 fully saturated rings. The normalized spacial score (nSPS) is 15.2. The van der Waals surface area contributed by atoms with Crippen LogP contribution < -0.4 is 10.5 Å². The molecule has 0 aliphatic carbocycles. The molecule has 0 spiro atoms. The van der Waals surface area contributed by atoms with E-state index in [1.807, 2.05) is 12.1 Å². The van der Waals surface area contributed by atoms with E-state index in [-0.39, 0.29) is 40.8 Å². The molecule has 10 heteroatoms. The van der Waals surface area contributed by atoms with Crippen molar-refractivity contribution < 1.29 is 37.0 Å². The van der Waals surface area contributed by atoms with Crippen molar-refractivity contribution in [3.63, 3.8) is 0 Å². The predicted molar refractivity (Wildman–Crippen MR) is 178 cm³/mol.